The molecule has 4 rings (SSSR count). The first-order chi connectivity index (χ1) is 13.9. The van der Waals surface area contributed by atoms with E-state index in [1.807, 2.05) is 6.07 Å². The summed E-state index contributed by atoms with van der Waals surface area (Å²) in [4.78, 5) is 23.4. The van der Waals surface area contributed by atoms with Crippen molar-refractivity contribution in [3.05, 3.63) is 36.9 Å². The second-order valence-electron chi connectivity index (χ2n) is 7.92. The lowest BCUT2D eigenvalue weighted by molar-refractivity contribution is -0.130. The number of carbonyl (C=O) groups excluding carboxylic acids is 1. The molecule has 9 heteroatoms. The van der Waals surface area contributed by atoms with E-state index in [4.69, 9.17) is 0 Å². The second-order valence-corrected chi connectivity index (χ2v) is 7.92. The number of anilines is 1. The molecule has 0 radical (unpaired) electrons. The van der Waals surface area contributed by atoms with Gasteiger partial charge in [0.05, 0.1) is 12.4 Å². The summed E-state index contributed by atoms with van der Waals surface area (Å²) in [6.45, 7) is 6.37. The first-order valence-corrected chi connectivity index (χ1v) is 9.78. The summed E-state index contributed by atoms with van der Waals surface area (Å²) in [5.41, 5.74) is -1.87. The number of nitrogens with one attached hydrogen (secondary N) is 1. The van der Waals surface area contributed by atoms with Crippen LogP contribution in [0.1, 0.15) is 26.7 Å². The van der Waals surface area contributed by atoms with Crippen LogP contribution >= 0.6 is 0 Å². The standard InChI is InChI=1S/C20H24FN7O/c1-14(2)13-27-6-3-20(21,4-7-27)19(29)25-17-9-15-10-18(28-8-5-24-26-28)23-12-16(15)11-22-17/h5,8-12,14H,3-4,6-7,13H2,1-2H3,(H,22,25,29). The number of hydrogen-bond acceptors (Lipinski definition) is 6. The number of fused-ring (bicyclic) bond motifs is 1. The molecule has 1 saturated heterocycles. The van der Waals surface area contributed by atoms with Crippen molar-refractivity contribution in [2.45, 2.75) is 32.4 Å². The highest BCUT2D eigenvalue weighted by molar-refractivity contribution is 5.98. The van der Waals surface area contributed by atoms with Gasteiger partial charge in [-0.1, -0.05) is 19.1 Å². The molecule has 1 amide bonds. The number of pyridine rings is 2. The first-order valence-electron chi connectivity index (χ1n) is 9.78. The number of rotatable bonds is 5. The van der Waals surface area contributed by atoms with Gasteiger partial charge < -0.3 is 10.2 Å². The molecule has 1 N–H and O–H groups in total. The zero-order chi connectivity index (χ0) is 20.4. The third kappa shape index (κ3) is 4.24. The molecule has 0 aromatic carbocycles. The number of amides is 1. The zero-order valence-corrected chi connectivity index (χ0v) is 16.5. The molecule has 1 aliphatic rings. The van der Waals surface area contributed by atoms with Crippen LogP contribution in [0.2, 0.25) is 0 Å². The van der Waals surface area contributed by atoms with Crippen LogP contribution in [-0.2, 0) is 4.79 Å². The summed E-state index contributed by atoms with van der Waals surface area (Å²) in [7, 11) is 0. The predicted octanol–water partition coefficient (Wildman–Crippen LogP) is 2.61. The van der Waals surface area contributed by atoms with Gasteiger partial charge >= 0.3 is 0 Å². The van der Waals surface area contributed by atoms with Crippen LogP contribution < -0.4 is 5.32 Å². The summed E-state index contributed by atoms with van der Waals surface area (Å²) >= 11 is 0. The predicted molar refractivity (Wildman–Crippen MR) is 107 cm³/mol. The maximum Gasteiger partial charge on any atom is 0.263 e. The number of hydrogen-bond donors (Lipinski definition) is 1. The summed E-state index contributed by atoms with van der Waals surface area (Å²) in [5, 5.41) is 12.0. The fourth-order valence-electron chi connectivity index (χ4n) is 3.61. The number of piperidine rings is 1. The fourth-order valence-corrected chi connectivity index (χ4v) is 3.61. The fraction of sp³-hybridized carbons (Fsp3) is 0.450. The molecule has 0 atom stereocenters. The van der Waals surface area contributed by atoms with Crippen LogP contribution in [0.3, 0.4) is 0 Å². The van der Waals surface area contributed by atoms with E-state index in [2.05, 4.69) is 44.3 Å². The van der Waals surface area contributed by atoms with Crippen LogP contribution in [0.25, 0.3) is 16.6 Å². The van der Waals surface area contributed by atoms with E-state index in [0.717, 1.165) is 17.3 Å². The van der Waals surface area contributed by atoms with Crippen molar-refractivity contribution < 1.29 is 9.18 Å². The van der Waals surface area contributed by atoms with Crippen molar-refractivity contribution in [1.82, 2.24) is 29.9 Å². The normalized spacial score (nSPS) is 17.0. The SMILES string of the molecule is CC(C)CN1CCC(F)(C(=O)Nc2cc3cc(-n4ccnn4)ncc3cn2)CC1. The van der Waals surface area contributed by atoms with Crippen molar-refractivity contribution in [2.75, 3.05) is 25.0 Å². The molecule has 1 fully saturated rings. The van der Waals surface area contributed by atoms with Gasteiger partial charge in [-0.05, 0) is 23.4 Å². The monoisotopic (exact) mass is 397 g/mol. The van der Waals surface area contributed by atoms with Gasteiger partial charge in [0.2, 0.25) is 0 Å². The van der Waals surface area contributed by atoms with Crippen molar-refractivity contribution >= 4 is 22.5 Å². The molecule has 0 saturated carbocycles. The van der Waals surface area contributed by atoms with Crippen LogP contribution in [-0.4, -0.2) is 61.1 Å². The molecule has 0 spiro atoms. The highest BCUT2D eigenvalue weighted by Crippen LogP contribution is 2.29. The Morgan fingerprint density at radius 3 is 2.66 bits per heavy atom. The Kier molecular flexibility index (Phi) is 5.23. The number of aromatic nitrogens is 5. The Labute approximate surface area is 168 Å². The molecular weight excluding hydrogens is 373 g/mol. The van der Waals surface area contributed by atoms with Gasteiger partial charge in [0.1, 0.15) is 5.82 Å². The molecule has 1 aliphatic heterocycles. The molecule has 3 aromatic rings. The number of alkyl halides is 1. The molecule has 29 heavy (non-hydrogen) atoms. The molecule has 0 bridgehead atoms. The molecule has 152 valence electrons. The average Bonchev–Trinajstić information content (AvgIpc) is 3.24. The van der Waals surface area contributed by atoms with Crippen molar-refractivity contribution in [3.8, 4) is 5.82 Å². The molecule has 8 nitrogen and oxygen atoms in total. The van der Waals surface area contributed by atoms with Crippen molar-refractivity contribution in [3.63, 3.8) is 0 Å². The maximum atomic E-state index is 15.2. The van der Waals surface area contributed by atoms with Gasteiger partial charge in [-0.2, -0.15) is 0 Å². The molecular formula is C20H24FN7O. The van der Waals surface area contributed by atoms with Crippen LogP contribution in [0.5, 0.6) is 0 Å². The number of halogens is 1. The Morgan fingerprint density at radius 2 is 1.97 bits per heavy atom. The number of carbonyl (C=O) groups is 1. The molecule has 3 aromatic heterocycles. The van der Waals surface area contributed by atoms with Crippen LogP contribution in [0, 0.1) is 5.92 Å². The summed E-state index contributed by atoms with van der Waals surface area (Å²) in [5.74, 6) is 0.812. The quantitative estimate of drug-likeness (QED) is 0.712. The highest BCUT2D eigenvalue weighted by atomic mass is 19.1. The van der Waals surface area contributed by atoms with E-state index in [-0.39, 0.29) is 12.8 Å². The van der Waals surface area contributed by atoms with E-state index in [0.29, 0.717) is 30.6 Å². The van der Waals surface area contributed by atoms with Crippen molar-refractivity contribution in [2.24, 2.45) is 5.92 Å². The number of likely N-dealkylation sites (tertiary alicyclic amines) is 1. The second kappa shape index (κ2) is 7.82. The third-order valence-corrected chi connectivity index (χ3v) is 5.17. The largest absolute Gasteiger partial charge is 0.308 e. The van der Waals surface area contributed by atoms with E-state index >= 15 is 4.39 Å². The van der Waals surface area contributed by atoms with Gasteiger partial charge in [-0.25, -0.2) is 19.0 Å². The van der Waals surface area contributed by atoms with E-state index in [9.17, 15) is 4.79 Å². The first kappa shape index (κ1) is 19.4. The number of nitrogens with zero attached hydrogens (tertiary/aromatic N) is 6. The summed E-state index contributed by atoms with van der Waals surface area (Å²) in [6.07, 6.45) is 6.93. The van der Waals surface area contributed by atoms with Gasteiger partial charge in [-0.15, -0.1) is 5.10 Å². The lowest BCUT2D eigenvalue weighted by Gasteiger charge is -2.36. The summed E-state index contributed by atoms with van der Waals surface area (Å²) in [6, 6.07) is 3.53. The molecule has 0 unspecified atom stereocenters. The van der Waals surface area contributed by atoms with E-state index < -0.39 is 11.6 Å². The van der Waals surface area contributed by atoms with Crippen molar-refractivity contribution in [1.29, 1.82) is 0 Å². The minimum absolute atomic E-state index is 0.194. The van der Waals surface area contributed by atoms with E-state index in [1.165, 1.54) is 0 Å². The highest BCUT2D eigenvalue weighted by Gasteiger charge is 2.41. The van der Waals surface area contributed by atoms with Gasteiger partial charge in [0.15, 0.2) is 11.5 Å². The molecule has 4 heterocycles. The Morgan fingerprint density at radius 1 is 1.21 bits per heavy atom. The van der Waals surface area contributed by atoms with Gasteiger partial charge in [0.25, 0.3) is 5.91 Å². The minimum atomic E-state index is -1.87. The molecule has 0 aliphatic carbocycles. The summed E-state index contributed by atoms with van der Waals surface area (Å²) < 4.78 is 16.8. The average molecular weight is 397 g/mol. The van der Waals surface area contributed by atoms with Gasteiger partial charge in [-0.3, -0.25) is 4.79 Å². The van der Waals surface area contributed by atoms with Crippen LogP contribution in [0.15, 0.2) is 36.9 Å². The Hall–Kier alpha value is -2.94. The Balaban J connectivity index is 1.48. The lowest BCUT2D eigenvalue weighted by Crippen LogP contribution is -2.49. The Bertz CT molecular complexity index is 997. The zero-order valence-electron chi connectivity index (χ0n) is 16.5. The maximum absolute atomic E-state index is 15.2. The topological polar surface area (TPSA) is 88.8 Å². The smallest absolute Gasteiger partial charge is 0.263 e. The third-order valence-electron chi connectivity index (χ3n) is 5.17. The van der Waals surface area contributed by atoms with Crippen LogP contribution in [0.4, 0.5) is 10.2 Å². The lowest BCUT2D eigenvalue weighted by atomic mass is 9.92. The minimum Gasteiger partial charge on any atom is -0.308 e. The van der Waals surface area contributed by atoms with E-state index in [1.54, 1.807) is 35.5 Å². The van der Waals surface area contributed by atoms with Gasteiger partial charge in [0, 0.05) is 50.3 Å².